The quantitative estimate of drug-likeness (QED) is 0.752. The number of hydrogen-bond acceptors (Lipinski definition) is 6. The van der Waals surface area contributed by atoms with Gasteiger partial charge in [-0.2, -0.15) is 5.10 Å². The molecule has 0 spiro atoms. The fourth-order valence-corrected chi connectivity index (χ4v) is 2.46. The SMILES string of the molecule is CCN1CCOC(Cn2ncc(N(C)CCN)cc2=O)C1. The van der Waals surface area contributed by atoms with Crippen LogP contribution in [0.15, 0.2) is 17.1 Å². The summed E-state index contributed by atoms with van der Waals surface area (Å²) in [7, 11) is 1.90. The lowest BCUT2D eigenvalue weighted by Gasteiger charge is -2.32. The maximum atomic E-state index is 12.1. The van der Waals surface area contributed by atoms with Crippen molar-refractivity contribution in [3.8, 4) is 0 Å². The number of rotatable bonds is 6. The van der Waals surface area contributed by atoms with Gasteiger partial charge in [0.15, 0.2) is 0 Å². The Hall–Kier alpha value is -1.44. The van der Waals surface area contributed by atoms with Crippen molar-refractivity contribution < 1.29 is 4.74 Å². The number of nitrogens with zero attached hydrogens (tertiary/aromatic N) is 4. The zero-order valence-corrected chi connectivity index (χ0v) is 12.9. The van der Waals surface area contributed by atoms with Crippen LogP contribution in [0.4, 0.5) is 5.69 Å². The van der Waals surface area contributed by atoms with Gasteiger partial charge >= 0.3 is 0 Å². The summed E-state index contributed by atoms with van der Waals surface area (Å²) >= 11 is 0. The van der Waals surface area contributed by atoms with Crippen LogP contribution >= 0.6 is 0 Å². The van der Waals surface area contributed by atoms with E-state index in [-0.39, 0.29) is 11.7 Å². The Kier molecular flexibility index (Phi) is 5.72. The first kappa shape index (κ1) is 15.9. The van der Waals surface area contributed by atoms with E-state index >= 15 is 0 Å². The average Bonchev–Trinajstić information content (AvgIpc) is 2.49. The van der Waals surface area contributed by atoms with Gasteiger partial charge < -0.3 is 15.4 Å². The molecule has 0 radical (unpaired) electrons. The summed E-state index contributed by atoms with van der Waals surface area (Å²) < 4.78 is 7.19. The number of ether oxygens (including phenoxy) is 1. The molecule has 1 aliphatic rings. The number of anilines is 1. The van der Waals surface area contributed by atoms with E-state index in [4.69, 9.17) is 10.5 Å². The molecule has 0 amide bonds. The Morgan fingerprint density at radius 2 is 2.38 bits per heavy atom. The third-order valence-electron chi connectivity index (χ3n) is 3.81. The Bertz CT molecular complexity index is 504. The number of hydrogen-bond donors (Lipinski definition) is 1. The molecule has 21 heavy (non-hydrogen) atoms. The van der Waals surface area contributed by atoms with Crippen LogP contribution in [0.2, 0.25) is 0 Å². The third kappa shape index (κ3) is 4.26. The van der Waals surface area contributed by atoms with E-state index < -0.39 is 0 Å². The minimum atomic E-state index is -0.103. The fourth-order valence-electron chi connectivity index (χ4n) is 2.46. The van der Waals surface area contributed by atoms with E-state index in [9.17, 15) is 4.79 Å². The van der Waals surface area contributed by atoms with Crippen molar-refractivity contribution in [1.82, 2.24) is 14.7 Å². The lowest BCUT2D eigenvalue weighted by Crippen LogP contribution is -2.45. The molecule has 7 heteroatoms. The maximum absolute atomic E-state index is 12.1. The zero-order chi connectivity index (χ0) is 15.2. The van der Waals surface area contributed by atoms with Gasteiger partial charge in [-0.15, -0.1) is 0 Å². The van der Waals surface area contributed by atoms with Gasteiger partial charge in [-0.1, -0.05) is 6.92 Å². The highest BCUT2D eigenvalue weighted by molar-refractivity contribution is 5.41. The van der Waals surface area contributed by atoms with Crippen molar-refractivity contribution in [2.45, 2.75) is 19.6 Å². The lowest BCUT2D eigenvalue weighted by molar-refractivity contribution is -0.0364. The van der Waals surface area contributed by atoms with Gasteiger partial charge in [-0.05, 0) is 6.54 Å². The van der Waals surface area contributed by atoms with Gasteiger partial charge in [-0.25, -0.2) is 4.68 Å². The highest BCUT2D eigenvalue weighted by Gasteiger charge is 2.20. The normalized spacial score (nSPS) is 19.7. The predicted molar refractivity (Wildman–Crippen MR) is 82.7 cm³/mol. The molecular weight excluding hydrogens is 270 g/mol. The molecule has 1 aromatic rings. The number of nitrogens with two attached hydrogens (primary N) is 1. The van der Waals surface area contributed by atoms with Gasteiger partial charge in [0.05, 0.1) is 31.1 Å². The van der Waals surface area contributed by atoms with E-state index in [1.807, 2.05) is 11.9 Å². The molecule has 1 aromatic heterocycles. The third-order valence-corrected chi connectivity index (χ3v) is 3.81. The molecule has 1 atom stereocenters. The number of likely N-dealkylation sites (N-methyl/N-ethyl adjacent to an activating group) is 2. The summed E-state index contributed by atoms with van der Waals surface area (Å²) in [4.78, 5) is 16.4. The molecule has 1 fully saturated rings. The van der Waals surface area contributed by atoms with Crippen LogP contribution in [0.3, 0.4) is 0 Å². The smallest absolute Gasteiger partial charge is 0.268 e. The maximum Gasteiger partial charge on any atom is 0.268 e. The Balaban J connectivity index is 2.02. The standard InChI is InChI=1S/C14H25N5O2/c1-3-18-6-7-21-13(10-18)11-19-14(20)8-12(9-16-19)17(2)5-4-15/h8-9,13H,3-7,10-11,15H2,1-2H3. The zero-order valence-electron chi connectivity index (χ0n) is 12.9. The highest BCUT2D eigenvalue weighted by Crippen LogP contribution is 2.08. The van der Waals surface area contributed by atoms with E-state index in [2.05, 4.69) is 16.9 Å². The molecule has 1 unspecified atom stereocenters. The monoisotopic (exact) mass is 295 g/mol. The second-order valence-corrected chi connectivity index (χ2v) is 5.33. The van der Waals surface area contributed by atoms with Crippen LogP contribution in [0.5, 0.6) is 0 Å². The molecule has 0 aliphatic carbocycles. The fraction of sp³-hybridized carbons (Fsp3) is 0.714. The molecular formula is C14H25N5O2. The van der Waals surface area contributed by atoms with Crippen LogP contribution in [-0.2, 0) is 11.3 Å². The van der Waals surface area contributed by atoms with Crippen molar-refractivity contribution in [3.63, 3.8) is 0 Å². The summed E-state index contributed by atoms with van der Waals surface area (Å²) in [5.41, 5.74) is 6.21. The number of aromatic nitrogens is 2. The average molecular weight is 295 g/mol. The van der Waals surface area contributed by atoms with Crippen molar-refractivity contribution >= 4 is 5.69 Å². The van der Waals surface area contributed by atoms with Crippen LogP contribution in [-0.4, -0.2) is 67.2 Å². The molecule has 1 saturated heterocycles. The molecule has 0 bridgehead atoms. The molecule has 2 heterocycles. The summed E-state index contributed by atoms with van der Waals surface area (Å²) in [5, 5.41) is 4.25. The lowest BCUT2D eigenvalue weighted by atomic mass is 10.2. The summed E-state index contributed by atoms with van der Waals surface area (Å²) in [6.45, 7) is 7.39. The van der Waals surface area contributed by atoms with Gasteiger partial charge in [0, 0.05) is 39.3 Å². The van der Waals surface area contributed by atoms with Gasteiger partial charge in [-0.3, -0.25) is 9.69 Å². The van der Waals surface area contributed by atoms with E-state index in [1.165, 1.54) is 4.68 Å². The topological polar surface area (TPSA) is 76.6 Å². The first-order valence-electron chi connectivity index (χ1n) is 7.46. The summed E-state index contributed by atoms with van der Waals surface area (Å²) in [6, 6.07) is 1.60. The van der Waals surface area contributed by atoms with E-state index in [0.717, 1.165) is 25.3 Å². The Labute approximate surface area is 125 Å². The summed E-state index contributed by atoms with van der Waals surface area (Å²) in [5.74, 6) is 0. The molecule has 1 aliphatic heterocycles. The first-order valence-corrected chi connectivity index (χ1v) is 7.46. The van der Waals surface area contributed by atoms with Crippen molar-refractivity contribution in [2.75, 3.05) is 51.3 Å². The second kappa shape index (κ2) is 7.53. The molecule has 118 valence electrons. The first-order chi connectivity index (χ1) is 10.1. The van der Waals surface area contributed by atoms with Crippen LogP contribution < -0.4 is 16.2 Å². The highest BCUT2D eigenvalue weighted by atomic mass is 16.5. The van der Waals surface area contributed by atoms with E-state index in [0.29, 0.717) is 26.2 Å². The molecule has 2 rings (SSSR count). The second-order valence-electron chi connectivity index (χ2n) is 5.33. The minimum absolute atomic E-state index is 0.0246. The van der Waals surface area contributed by atoms with Crippen LogP contribution in [0.25, 0.3) is 0 Å². The van der Waals surface area contributed by atoms with Crippen LogP contribution in [0.1, 0.15) is 6.92 Å². The molecule has 7 nitrogen and oxygen atoms in total. The molecule has 2 N–H and O–H groups in total. The Morgan fingerprint density at radius 1 is 1.57 bits per heavy atom. The molecule has 0 aromatic carbocycles. The van der Waals surface area contributed by atoms with Gasteiger partial charge in [0.2, 0.25) is 0 Å². The summed E-state index contributed by atoms with van der Waals surface area (Å²) in [6.07, 6.45) is 1.73. The van der Waals surface area contributed by atoms with Crippen molar-refractivity contribution in [2.24, 2.45) is 5.73 Å². The van der Waals surface area contributed by atoms with E-state index in [1.54, 1.807) is 12.3 Å². The van der Waals surface area contributed by atoms with Crippen molar-refractivity contribution in [3.05, 3.63) is 22.6 Å². The largest absolute Gasteiger partial charge is 0.374 e. The molecule has 0 saturated carbocycles. The van der Waals surface area contributed by atoms with Gasteiger partial charge in [0.1, 0.15) is 0 Å². The van der Waals surface area contributed by atoms with Crippen molar-refractivity contribution in [1.29, 1.82) is 0 Å². The Morgan fingerprint density at radius 3 is 3.05 bits per heavy atom. The predicted octanol–water partition coefficient (Wildman–Crippen LogP) is -0.641. The van der Waals surface area contributed by atoms with Gasteiger partial charge in [0.25, 0.3) is 5.56 Å². The van der Waals surface area contributed by atoms with Crippen LogP contribution in [0, 0.1) is 0 Å². The number of morpholine rings is 1. The minimum Gasteiger partial charge on any atom is -0.374 e.